The van der Waals surface area contributed by atoms with E-state index in [9.17, 15) is 13.9 Å². The van der Waals surface area contributed by atoms with Crippen LogP contribution in [0.1, 0.15) is 26.7 Å². The Balaban J connectivity index is 0.000000686. The van der Waals surface area contributed by atoms with E-state index in [1.165, 1.54) is 12.1 Å². The number of hydrogen-bond donors (Lipinski definition) is 1. The lowest BCUT2D eigenvalue weighted by molar-refractivity contribution is 0.145. The number of anilines is 1. The molecular weight excluding hydrogens is 224 g/mol. The van der Waals surface area contributed by atoms with Crippen LogP contribution in [0.2, 0.25) is 0 Å². The molecular formula is C13H19F2NO. The Morgan fingerprint density at radius 2 is 1.76 bits per heavy atom. The molecule has 0 aromatic heterocycles. The number of aliphatic hydroxyl groups excluding tert-OH is 1. The van der Waals surface area contributed by atoms with E-state index >= 15 is 0 Å². The first-order valence-electron chi connectivity index (χ1n) is 6.05. The fourth-order valence-corrected chi connectivity index (χ4v) is 1.84. The van der Waals surface area contributed by atoms with Crippen LogP contribution >= 0.6 is 0 Å². The molecule has 1 aliphatic heterocycles. The van der Waals surface area contributed by atoms with Gasteiger partial charge in [0.05, 0.1) is 11.8 Å². The van der Waals surface area contributed by atoms with E-state index in [2.05, 4.69) is 0 Å². The van der Waals surface area contributed by atoms with Gasteiger partial charge in [0, 0.05) is 19.2 Å². The number of halogens is 2. The van der Waals surface area contributed by atoms with Crippen LogP contribution in [0.5, 0.6) is 0 Å². The highest BCUT2D eigenvalue weighted by molar-refractivity contribution is 5.48. The smallest absolute Gasteiger partial charge is 0.149 e. The molecule has 0 bridgehead atoms. The Kier molecular flexibility index (Phi) is 5.35. The second-order valence-corrected chi connectivity index (χ2v) is 3.81. The molecule has 0 unspecified atom stereocenters. The van der Waals surface area contributed by atoms with Crippen molar-refractivity contribution < 1.29 is 13.9 Å². The quantitative estimate of drug-likeness (QED) is 0.819. The number of rotatable bonds is 1. The van der Waals surface area contributed by atoms with E-state index in [0.717, 1.165) is 6.07 Å². The number of aliphatic hydroxyl groups is 1. The molecule has 0 amide bonds. The topological polar surface area (TPSA) is 23.5 Å². The minimum atomic E-state index is -0.562. The van der Waals surface area contributed by atoms with Crippen molar-refractivity contribution in [2.75, 3.05) is 18.0 Å². The molecule has 0 atom stereocenters. The van der Waals surface area contributed by atoms with Crippen molar-refractivity contribution in [1.29, 1.82) is 0 Å². The number of hydrogen-bond acceptors (Lipinski definition) is 2. The molecule has 0 aliphatic carbocycles. The zero-order valence-corrected chi connectivity index (χ0v) is 10.3. The van der Waals surface area contributed by atoms with Crippen LogP contribution < -0.4 is 4.90 Å². The van der Waals surface area contributed by atoms with Crippen LogP contribution in [0.4, 0.5) is 14.5 Å². The van der Waals surface area contributed by atoms with Gasteiger partial charge in [0.1, 0.15) is 11.6 Å². The van der Waals surface area contributed by atoms with Gasteiger partial charge in [0.15, 0.2) is 0 Å². The van der Waals surface area contributed by atoms with Gasteiger partial charge >= 0.3 is 0 Å². The Morgan fingerprint density at radius 1 is 1.18 bits per heavy atom. The summed E-state index contributed by atoms with van der Waals surface area (Å²) in [6.07, 6.45) is 0.984. The largest absolute Gasteiger partial charge is 0.393 e. The third-order valence-corrected chi connectivity index (χ3v) is 2.71. The average Bonchev–Trinajstić information content (AvgIpc) is 2.33. The summed E-state index contributed by atoms with van der Waals surface area (Å²) >= 11 is 0. The monoisotopic (exact) mass is 243 g/mol. The number of piperidine rings is 1. The Labute approximate surface area is 101 Å². The van der Waals surface area contributed by atoms with Gasteiger partial charge in [-0.2, -0.15) is 0 Å². The molecule has 0 saturated carbocycles. The molecule has 1 fully saturated rings. The minimum absolute atomic E-state index is 0.287. The fraction of sp³-hybridized carbons (Fsp3) is 0.538. The van der Waals surface area contributed by atoms with Crippen LogP contribution in [0.15, 0.2) is 18.2 Å². The zero-order chi connectivity index (χ0) is 12.8. The van der Waals surface area contributed by atoms with Crippen molar-refractivity contribution in [3.63, 3.8) is 0 Å². The molecule has 1 N–H and O–H groups in total. The first-order chi connectivity index (χ1) is 8.16. The lowest BCUT2D eigenvalue weighted by atomic mass is 10.1. The fourth-order valence-electron chi connectivity index (χ4n) is 1.84. The predicted molar refractivity (Wildman–Crippen MR) is 65.2 cm³/mol. The van der Waals surface area contributed by atoms with Gasteiger partial charge in [-0.25, -0.2) is 8.78 Å². The molecule has 17 heavy (non-hydrogen) atoms. The van der Waals surface area contributed by atoms with E-state index in [0.29, 0.717) is 31.6 Å². The summed E-state index contributed by atoms with van der Waals surface area (Å²) in [6, 6.07) is 3.59. The number of nitrogens with zero attached hydrogens (tertiary/aromatic N) is 1. The van der Waals surface area contributed by atoms with Crippen molar-refractivity contribution in [3.8, 4) is 0 Å². The average molecular weight is 243 g/mol. The normalized spacial score (nSPS) is 16.4. The summed E-state index contributed by atoms with van der Waals surface area (Å²) in [5.74, 6) is -1.10. The van der Waals surface area contributed by atoms with E-state index < -0.39 is 11.6 Å². The van der Waals surface area contributed by atoms with Gasteiger partial charge in [0.2, 0.25) is 0 Å². The molecule has 2 nitrogen and oxygen atoms in total. The summed E-state index contributed by atoms with van der Waals surface area (Å²) in [5.41, 5.74) is 0.420. The van der Waals surface area contributed by atoms with Crippen molar-refractivity contribution >= 4 is 5.69 Å². The lowest BCUT2D eigenvalue weighted by Crippen LogP contribution is -2.36. The molecule has 0 radical (unpaired) electrons. The van der Waals surface area contributed by atoms with Gasteiger partial charge in [-0.1, -0.05) is 13.8 Å². The van der Waals surface area contributed by atoms with Crippen LogP contribution in [0, 0.1) is 11.6 Å². The van der Waals surface area contributed by atoms with Crippen LogP contribution in [0.25, 0.3) is 0 Å². The predicted octanol–water partition coefficient (Wildman–Crippen LogP) is 2.95. The summed E-state index contributed by atoms with van der Waals surface area (Å²) in [7, 11) is 0. The van der Waals surface area contributed by atoms with Gasteiger partial charge in [-0.3, -0.25) is 0 Å². The Bertz CT molecular complexity index is 349. The third-order valence-electron chi connectivity index (χ3n) is 2.71. The van der Waals surface area contributed by atoms with E-state index in [4.69, 9.17) is 0 Å². The van der Waals surface area contributed by atoms with E-state index in [1.807, 2.05) is 18.7 Å². The van der Waals surface area contributed by atoms with Crippen molar-refractivity contribution in [2.24, 2.45) is 0 Å². The zero-order valence-electron chi connectivity index (χ0n) is 10.3. The highest BCUT2D eigenvalue weighted by Gasteiger charge is 2.19. The lowest BCUT2D eigenvalue weighted by Gasteiger charge is -2.31. The van der Waals surface area contributed by atoms with E-state index in [-0.39, 0.29) is 6.10 Å². The second kappa shape index (κ2) is 6.55. The van der Waals surface area contributed by atoms with Gasteiger partial charge < -0.3 is 10.0 Å². The molecule has 2 rings (SSSR count). The highest BCUT2D eigenvalue weighted by Crippen LogP contribution is 2.23. The van der Waals surface area contributed by atoms with Crippen LogP contribution in [-0.2, 0) is 0 Å². The molecule has 1 aromatic carbocycles. The van der Waals surface area contributed by atoms with Crippen LogP contribution in [0.3, 0.4) is 0 Å². The molecule has 1 saturated heterocycles. The van der Waals surface area contributed by atoms with Crippen molar-refractivity contribution in [2.45, 2.75) is 32.8 Å². The van der Waals surface area contributed by atoms with Crippen molar-refractivity contribution in [3.05, 3.63) is 29.8 Å². The Hall–Kier alpha value is -1.16. The summed E-state index contributed by atoms with van der Waals surface area (Å²) in [5, 5.41) is 9.31. The molecule has 1 heterocycles. The van der Waals surface area contributed by atoms with Gasteiger partial charge in [-0.05, 0) is 25.0 Å². The molecule has 1 aromatic rings. The first kappa shape index (κ1) is 13.9. The molecule has 4 heteroatoms. The van der Waals surface area contributed by atoms with Crippen LogP contribution in [-0.4, -0.2) is 24.3 Å². The minimum Gasteiger partial charge on any atom is -0.393 e. The van der Waals surface area contributed by atoms with Crippen molar-refractivity contribution in [1.82, 2.24) is 0 Å². The Morgan fingerprint density at radius 3 is 2.29 bits per heavy atom. The molecule has 1 aliphatic rings. The second-order valence-electron chi connectivity index (χ2n) is 3.81. The van der Waals surface area contributed by atoms with Gasteiger partial charge in [-0.15, -0.1) is 0 Å². The summed E-state index contributed by atoms with van der Waals surface area (Å²) in [4.78, 5) is 1.83. The maximum Gasteiger partial charge on any atom is 0.149 e. The first-order valence-corrected chi connectivity index (χ1v) is 6.05. The standard InChI is InChI=1S/C11H13F2NO.C2H6/c12-8-1-2-11(10(13)7-8)14-5-3-9(15)4-6-14;1-2/h1-2,7,9,15H,3-6H2;1-2H3. The van der Waals surface area contributed by atoms with Gasteiger partial charge in [0.25, 0.3) is 0 Å². The maximum atomic E-state index is 13.4. The summed E-state index contributed by atoms with van der Waals surface area (Å²) < 4.78 is 26.1. The van der Waals surface area contributed by atoms with E-state index in [1.54, 1.807) is 0 Å². The SMILES string of the molecule is CC.OC1CCN(c2ccc(F)cc2F)CC1. The number of benzene rings is 1. The molecule has 0 spiro atoms. The highest BCUT2D eigenvalue weighted by atomic mass is 19.1. The third kappa shape index (κ3) is 3.66. The maximum absolute atomic E-state index is 13.4. The molecule has 96 valence electrons. The summed E-state index contributed by atoms with van der Waals surface area (Å²) in [6.45, 7) is 5.23.